The normalized spacial score (nSPS) is 18.6. The topological polar surface area (TPSA) is 92.7 Å². The van der Waals surface area contributed by atoms with Crippen LogP contribution in [0.3, 0.4) is 0 Å². The summed E-state index contributed by atoms with van der Waals surface area (Å²) in [7, 11) is 0. The lowest BCUT2D eigenvalue weighted by Gasteiger charge is -2.46. The van der Waals surface area contributed by atoms with Gasteiger partial charge in [0.2, 0.25) is 0 Å². The van der Waals surface area contributed by atoms with E-state index in [1.165, 1.54) is 49.8 Å². The minimum Gasteiger partial charge on any atom is -0.309 e. The number of hydrogen-bond donors (Lipinski definition) is 2. The summed E-state index contributed by atoms with van der Waals surface area (Å²) in [5.41, 5.74) is 11.5. The number of rotatable bonds is 24. The lowest BCUT2D eigenvalue weighted by Crippen LogP contribution is -2.64. The van der Waals surface area contributed by atoms with Crippen molar-refractivity contribution in [3.63, 3.8) is 0 Å². The number of nitrogens with zero attached hydrogens (tertiary/aromatic N) is 2. The average Bonchev–Trinajstić information content (AvgIpc) is 3.12. The first-order valence-electron chi connectivity index (χ1n) is 16.9. The molecule has 230 valence electrons. The number of nitrogens with two attached hydrogens (primary N) is 2. The fraction of sp³-hybridized carbons (Fsp3) is 0.939. The van der Waals surface area contributed by atoms with Gasteiger partial charge in [-0.2, -0.15) is 0 Å². The Balaban J connectivity index is 3.27. The van der Waals surface area contributed by atoms with Gasteiger partial charge in [0.25, 0.3) is 5.91 Å². The zero-order chi connectivity index (χ0) is 29.4. The van der Waals surface area contributed by atoms with Gasteiger partial charge in [-0.3, -0.25) is 9.69 Å². The third-order valence-corrected chi connectivity index (χ3v) is 9.05. The van der Waals surface area contributed by atoms with Gasteiger partial charge in [-0.05, 0) is 39.0 Å². The van der Waals surface area contributed by atoms with E-state index in [4.69, 9.17) is 11.5 Å². The second-order valence-corrected chi connectivity index (χ2v) is 12.7. The lowest BCUT2D eigenvalue weighted by molar-refractivity contribution is -0.139. The fourth-order valence-corrected chi connectivity index (χ4v) is 6.44. The van der Waals surface area contributed by atoms with Crippen LogP contribution in [0, 0.1) is 0 Å². The molecule has 1 unspecified atom stereocenters. The van der Waals surface area contributed by atoms with Crippen LogP contribution in [0.15, 0.2) is 0 Å². The quantitative estimate of drug-likeness (QED) is 0.0926. The molecule has 0 aromatic rings. The SMILES string of the molecule is CCCCCCCCCCCC1(C)C(=O)N(C(N)(CCCC)CCCC)C(=O)N1C(N)(CCCC)CCCC. The minimum absolute atomic E-state index is 0.121. The number of carbonyl (C=O) groups excluding carboxylic acids is 2. The number of carbonyl (C=O) groups is 2. The van der Waals surface area contributed by atoms with Crippen LogP contribution in [-0.2, 0) is 4.79 Å². The molecular weight excluding hydrogens is 484 g/mol. The highest BCUT2D eigenvalue weighted by molar-refractivity contribution is 6.07. The molecule has 1 atom stereocenters. The summed E-state index contributed by atoms with van der Waals surface area (Å²) < 4.78 is 0. The molecule has 1 rings (SSSR count). The van der Waals surface area contributed by atoms with Gasteiger partial charge in [0.15, 0.2) is 0 Å². The molecule has 0 aromatic heterocycles. The predicted molar refractivity (Wildman–Crippen MR) is 166 cm³/mol. The van der Waals surface area contributed by atoms with Crippen LogP contribution in [0.1, 0.15) is 183 Å². The van der Waals surface area contributed by atoms with Gasteiger partial charge in [-0.15, -0.1) is 0 Å². The van der Waals surface area contributed by atoms with Crippen molar-refractivity contribution in [2.24, 2.45) is 11.5 Å². The van der Waals surface area contributed by atoms with Crippen molar-refractivity contribution < 1.29 is 9.59 Å². The molecular formula is C33H66N4O2. The summed E-state index contributed by atoms with van der Waals surface area (Å²) in [6, 6.07) is -0.247. The third kappa shape index (κ3) is 10.0. The monoisotopic (exact) mass is 551 g/mol. The smallest absolute Gasteiger partial charge is 0.309 e. The summed E-state index contributed by atoms with van der Waals surface area (Å²) >= 11 is 0. The number of amides is 3. The van der Waals surface area contributed by atoms with Crippen molar-refractivity contribution in [1.29, 1.82) is 0 Å². The van der Waals surface area contributed by atoms with E-state index in [2.05, 4.69) is 34.6 Å². The van der Waals surface area contributed by atoms with Crippen LogP contribution in [0.4, 0.5) is 4.79 Å². The molecule has 1 aliphatic heterocycles. The van der Waals surface area contributed by atoms with Gasteiger partial charge in [-0.25, -0.2) is 9.69 Å². The summed E-state index contributed by atoms with van der Waals surface area (Å²) in [5.74, 6) is -0.121. The Kier molecular flexibility index (Phi) is 16.9. The molecule has 0 bridgehead atoms. The van der Waals surface area contributed by atoms with Crippen LogP contribution in [0.25, 0.3) is 0 Å². The van der Waals surface area contributed by atoms with Crippen LogP contribution < -0.4 is 11.5 Å². The maximum absolute atomic E-state index is 14.4. The van der Waals surface area contributed by atoms with E-state index in [-0.39, 0.29) is 11.9 Å². The molecule has 6 nitrogen and oxygen atoms in total. The molecule has 4 N–H and O–H groups in total. The molecule has 0 radical (unpaired) electrons. The summed E-state index contributed by atoms with van der Waals surface area (Å²) in [4.78, 5) is 32.1. The van der Waals surface area contributed by atoms with Crippen molar-refractivity contribution in [3.05, 3.63) is 0 Å². The van der Waals surface area contributed by atoms with E-state index in [1.807, 2.05) is 11.8 Å². The number of hydrogen-bond acceptors (Lipinski definition) is 4. The summed E-state index contributed by atoms with van der Waals surface area (Å²) in [5, 5.41) is 0. The van der Waals surface area contributed by atoms with E-state index in [9.17, 15) is 9.59 Å². The van der Waals surface area contributed by atoms with Crippen molar-refractivity contribution >= 4 is 11.9 Å². The average molecular weight is 551 g/mol. The summed E-state index contributed by atoms with van der Waals surface area (Å²) in [6.45, 7) is 12.8. The van der Waals surface area contributed by atoms with E-state index in [0.29, 0.717) is 32.1 Å². The molecule has 0 spiro atoms. The van der Waals surface area contributed by atoms with Gasteiger partial charge < -0.3 is 11.5 Å². The Labute approximate surface area is 242 Å². The Bertz CT molecular complexity index is 681. The highest BCUT2D eigenvalue weighted by Crippen LogP contribution is 2.43. The van der Waals surface area contributed by atoms with Crippen molar-refractivity contribution in [1.82, 2.24) is 9.80 Å². The second kappa shape index (κ2) is 18.3. The molecule has 39 heavy (non-hydrogen) atoms. The van der Waals surface area contributed by atoms with Gasteiger partial charge >= 0.3 is 6.03 Å². The maximum Gasteiger partial charge on any atom is 0.330 e. The molecule has 1 heterocycles. The second-order valence-electron chi connectivity index (χ2n) is 12.7. The first-order valence-corrected chi connectivity index (χ1v) is 16.9. The van der Waals surface area contributed by atoms with E-state index in [1.54, 1.807) is 0 Å². The van der Waals surface area contributed by atoms with Crippen molar-refractivity contribution in [3.8, 4) is 0 Å². The highest BCUT2D eigenvalue weighted by Gasteiger charge is 2.62. The number of unbranched alkanes of at least 4 members (excludes halogenated alkanes) is 12. The van der Waals surface area contributed by atoms with Gasteiger partial charge in [0.1, 0.15) is 11.2 Å². The lowest BCUT2D eigenvalue weighted by atomic mass is 9.85. The Morgan fingerprint density at radius 2 is 0.923 bits per heavy atom. The molecule has 1 fully saturated rings. The zero-order valence-corrected chi connectivity index (χ0v) is 26.9. The van der Waals surface area contributed by atoms with Crippen LogP contribution >= 0.6 is 0 Å². The van der Waals surface area contributed by atoms with Gasteiger partial charge in [0, 0.05) is 0 Å². The first-order chi connectivity index (χ1) is 18.6. The molecule has 0 saturated carbocycles. The van der Waals surface area contributed by atoms with E-state index < -0.39 is 16.9 Å². The largest absolute Gasteiger partial charge is 0.330 e. The molecule has 1 saturated heterocycles. The fourth-order valence-electron chi connectivity index (χ4n) is 6.44. The van der Waals surface area contributed by atoms with Crippen LogP contribution in [-0.4, -0.2) is 38.6 Å². The Morgan fingerprint density at radius 1 is 0.564 bits per heavy atom. The van der Waals surface area contributed by atoms with Gasteiger partial charge in [0.05, 0.1) is 5.66 Å². The Morgan fingerprint density at radius 3 is 1.33 bits per heavy atom. The third-order valence-electron chi connectivity index (χ3n) is 9.05. The highest BCUT2D eigenvalue weighted by atomic mass is 16.2. The molecule has 3 amide bonds. The van der Waals surface area contributed by atoms with Gasteiger partial charge in [-0.1, -0.05) is 144 Å². The number of urea groups is 1. The standard InChI is InChI=1S/C33H66N4O2/c1-7-12-17-18-19-20-21-22-23-24-31(6)29(38)36(32(34,25-13-8-2)26-14-9-3)30(39)37(31)33(35,27-15-10-4)28-16-11-5/h7-28,34-35H2,1-6H3. The maximum atomic E-state index is 14.4. The van der Waals surface area contributed by atoms with Crippen molar-refractivity contribution in [2.45, 2.75) is 200 Å². The molecule has 1 aliphatic rings. The van der Waals surface area contributed by atoms with Crippen LogP contribution in [0.5, 0.6) is 0 Å². The van der Waals surface area contributed by atoms with Crippen molar-refractivity contribution in [2.75, 3.05) is 0 Å². The molecule has 0 aliphatic carbocycles. The zero-order valence-electron chi connectivity index (χ0n) is 26.9. The van der Waals surface area contributed by atoms with E-state index in [0.717, 1.165) is 64.2 Å². The number of imide groups is 1. The predicted octanol–water partition coefficient (Wildman–Crippen LogP) is 9.00. The first kappa shape index (κ1) is 35.9. The molecule has 6 heteroatoms. The minimum atomic E-state index is -0.953. The van der Waals surface area contributed by atoms with E-state index >= 15 is 0 Å². The Hall–Kier alpha value is -1.14. The van der Waals surface area contributed by atoms with Crippen LogP contribution in [0.2, 0.25) is 0 Å². The summed E-state index contributed by atoms with van der Waals surface area (Å²) in [6.07, 6.45) is 22.0. The molecule has 0 aromatic carbocycles.